The van der Waals surface area contributed by atoms with Crippen LogP contribution in [0.4, 0.5) is 17.1 Å². The Balaban J connectivity index is 1.05. The van der Waals surface area contributed by atoms with Crippen molar-refractivity contribution < 1.29 is 32.4 Å². The van der Waals surface area contributed by atoms with E-state index >= 15 is 0 Å². The highest BCUT2D eigenvalue weighted by Crippen LogP contribution is 2.46. The lowest BCUT2D eigenvalue weighted by Crippen LogP contribution is -2.31. The van der Waals surface area contributed by atoms with Crippen LogP contribution in [0.3, 0.4) is 0 Å². The van der Waals surface area contributed by atoms with Gasteiger partial charge in [-0.05, 0) is 121 Å². The zero-order valence-electron chi connectivity index (χ0n) is 33.3. The Bertz CT molecular complexity index is 2500. The lowest BCUT2D eigenvalue weighted by molar-refractivity contribution is -0.384. The molecule has 0 radical (unpaired) electrons. The minimum atomic E-state index is -4.59. The standard InChI is InChI=1S/C46H47N5O8S/c1-2-44(52)41-19-16-35(29-48-41)59-45-26-33(31-11-14-34(15-12-31)50-23-5-8-42(50)38-7-4-3-6-37(38)32-9-10-32)13-18-39(45)46(53)49-60(56,57)36-17-20-40(43(27-36)51(54)55)47-28-30-21-24-58-25-22-30/h3-4,6-7,11-20,26-27,29-30,32,42,47H,2,5,8-10,21-25,28H2,1H3,(H,49,53)/t42-/m1/s1. The van der Waals surface area contributed by atoms with Crippen LogP contribution in [0, 0.1) is 16.0 Å². The maximum absolute atomic E-state index is 13.9. The van der Waals surface area contributed by atoms with Crippen LogP contribution in [0.5, 0.6) is 11.5 Å². The number of sulfonamides is 1. The number of hydrogen-bond donors (Lipinski definition) is 2. The van der Waals surface area contributed by atoms with Crippen molar-refractivity contribution in [3.05, 3.63) is 136 Å². The molecule has 1 aromatic heterocycles. The second-order valence-corrected chi connectivity index (χ2v) is 17.3. The van der Waals surface area contributed by atoms with Gasteiger partial charge in [-0.1, -0.05) is 49.4 Å². The third-order valence-corrected chi connectivity index (χ3v) is 12.9. The molecule has 0 unspecified atom stereocenters. The largest absolute Gasteiger partial charge is 0.455 e. The van der Waals surface area contributed by atoms with Gasteiger partial charge in [-0.3, -0.25) is 19.7 Å². The SMILES string of the molecule is CCC(=O)c1ccc(Oc2cc(-c3ccc(N4CCC[C@@H]4c4ccccc4C4CC4)cc3)ccc2C(=O)NS(=O)(=O)c2ccc(NCC3CCOCC3)c([N+](=O)[O-])c2)cn1. The third kappa shape index (κ3) is 9.04. The minimum Gasteiger partial charge on any atom is -0.455 e. The Morgan fingerprint density at radius 1 is 0.900 bits per heavy atom. The molecule has 0 bridgehead atoms. The van der Waals surface area contributed by atoms with Crippen molar-refractivity contribution in [2.75, 3.05) is 36.5 Å². The van der Waals surface area contributed by atoms with E-state index in [0.29, 0.717) is 37.3 Å². The van der Waals surface area contributed by atoms with Crippen molar-refractivity contribution in [2.24, 2.45) is 5.92 Å². The molecule has 310 valence electrons. The van der Waals surface area contributed by atoms with Gasteiger partial charge in [0, 0.05) is 44.5 Å². The summed E-state index contributed by atoms with van der Waals surface area (Å²) >= 11 is 0. The molecule has 1 aliphatic carbocycles. The maximum Gasteiger partial charge on any atom is 0.293 e. The number of nitrogens with one attached hydrogen (secondary N) is 2. The van der Waals surface area contributed by atoms with Crippen LogP contribution in [0.1, 0.15) is 95.8 Å². The highest BCUT2D eigenvalue weighted by atomic mass is 32.2. The molecule has 4 aromatic carbocycles. The molecule has 3 fully saturated rings. The predicted molar refractivity (Wildman–Crippen MR) is 228 cm³/mol. The van der Waals surface area contributed by atoms with Gasteiger partial charge in [-0.25, -0.2) is 18.1 Å². The normalized spacial score (nSPS) is 16.9. The summed E-state index contributed by atoms with van der Waals surface area (Å²) in [6, 6.07) is 28.7. The van der Waals surface area contributed by atoms with Gasteiger partial charge in [0.1, 0.15) is 22.9 Å². The molecule has 1 saturated carbocycles. The lowest BCUT2D eigenvalue weighted by Gasteiger charge is -2.29. The van der Waals surface area contributed by atoms with E-state index in [1.807, 2.05) is 12.1 Å². The Morgan fingerprint density at radius 3 is 2.35 bits per heavy atom. The molecule has 8 rings (SSSR count). The maximum atomic E-state index is 13.9. The number of aromatic nitrogens is 1. The topological polar surface area (TPSA) is 170 Å². The number of ketones is 1. The number of ether oxygens (including phenoxy) is 2. The monoisotopic (exact) mass is 829 g/mol. The first-order chi connectivity index (χ1) is 29.1. The minimum absolute atomic E-state index is 0.0376. The molecule has 2 saturated heterocycles. The zero-order chi connectivity index (χ0) is 41.8. The predicted octanol–water partition coefficient (Wildman–Crippen LogP) is 9.22. The van der Waals surface area contributed by atoms with Crippen LogP contribution >= 0.6 is 0 Å². The van der Waals surface area contributed by atoms with Crippen LogP contribution in [0.15, 0.2) is 108 Å². The number of benzene rings is 4. The molecule has 14 heteroatoms. The number of anilines is 2. The number of rotatable bonds is 15. The highest BCUT2D eigenvalue weighted by molar-refractivity contribution is 7.90. The van der Waals surface area contributed by atoms with Gasteiger partial charge in [0.2, 0.25) is 0 Å². The molecule has 2 aliphatic heterocycles. The average molecular weight is 830 g/mol. The molecule has 1 atom stereocenters. The van der Waals surface area contributed by atoms with Crippen molar-refractivity contribution in [3.63, 3.8) is 0 Å². The fourth-order valence-electron chi connectivity index (χ4n) is 8.13. The van der Waals surface area contributed by atoms with Gasteiger partial charge in [-0.15, -0.1) is 0 Å². The van der Waals surface area contributed by atoms with E-state index < -0.39 is 31.4 Å². The molecule has 13 nitrogen and oxygen atoms in total. The fraction of sp³-hybridized carbons (Fsp3) is 0.326. The first-order valence-electron chi connectivity index (χ1n) is 20.5. The van der Waals surface area contributed by atoms with E-state index in [-0.39, 0.29) is 46.6 Å². The number of carbonyl (C=O) groups excluding carboxylic acids is 2. The Labute approximate surface area is 349 Å². The van der Waals surface area contributed by atoms with Crippen LogP contribution < -0.4 is 19.7 Å². The number of Topliss-reactive ketones (excluding diaryl/α,β-unsaturated/α-hetero) is 1. The summed E-state index contributed by atoms with van der Waals surface area (Å²) < 4.78 is 40.9. The van der Waals surface area contributed by atoms with Crippen molar-refractivity contribution >= 4 is 38.8 Å². The summed E-state index contributed by atoms with van der Waals surface area (Å²) in [7, 11) is -4.59. The molecule has 0 spiro atoms. The third-order valence-electron chi connectivity index (χ3n) is 11.6. The van der Waals surface area contributed by atoms with Crippen molar-refractivity contribution in [2.45, 2.75) is 68.7 Å². The van der Waals surface area contributed by atoms with Crippen LogP contribution in [0.2, 0.25) is 0 Å². The smallest absolute Gasteiger partial charge is 0.293 e. The summed E-state index contributed by atoms with van der Waals surface area (Å²) in [6.45, 7) is 4.40. The summed E-state index contributed by atoms with van der Waals surface area (Å²) in [5.74, 6) is 0.0247. The number of nitro benzene ring substituents is 1. The van der Waals surface area contributed by atoms with Gasteiger partial charge in [-0.2, -0.15) is 0 Å². The van der Waals surface area contributed by atoms with Crippen LogP contribution in [-0.4, -0.2) is 56.3 Å². The van der Waals surface area contributed by atoms with Crippen LogP contribution in [-0.2, 0) is 14.8 Å². The van der Waals surface area contributed by atoms with Gasteiger partial charge in [0.15, 0.2) is 5.78 Å². The van der Waals surface area contributed by atoms with E-state index in [4.69, 9.17) is 9.47 Å². The van der Waals surface area contributed by atoms with Gasteiger partial charge >= 0.3 is 0 Å². The molecule has 1 amide bonds. The number of carbonyl (C=O) groups is 2. The average Bonchev–Trinajstić information content (AvgIpc) is 4.01. The Morgan fingerprint density at radius 2 is 1.65 bits per heavy atom. The number of nitrogens with zero attached hydrogens (tertiary/aromatic N) is 3. The molecular weight excluding hydrogens is 783 g/mol. The molecule has 60 heavy (non-hydrogen) atoms. The summed E-state index contributed by atoms with van der Waals surface area (Å²) in [5.41, 5.74) is 5.44. The number of hydrogen-bond acceptors (Lipinski definition) is 11. The molecule has 3 aliphatic rings. The van der Waals surface area contributed by atoms with E-state index in [2.05, 4.69) is 56.3 Å². The summed E-state index contributed by atoms with van der Waals surface area (Å²) in [4.78, 5) is 43.7. The second kappa shape index (κ2) is 17.6. The van der Waals surface area contributed by atoms with Crippen molar-refractivity contribution in [1.29, 1.82) is 0 Å². The van der Waals surface area contributed by atoms with Gasteiger partial charge in [0.05, 0.1) is 27.6 Å². The van der Waals surface area contributed by atoms with Crippen molar-refractivity contribution in [1.82, 2.24) is 9.71 Å². The summed E-state index contributed by atoms with van der Waals surface area (Å²) in [5, 5.41) is 15.1. The van der Waals surface area contributed by atoms with E-state index in [0.717, 1.165) is 49.5 Å². The number of nitro groups is 1. The zero-order valence-corrected chi connectivity index (χ0v) is 34.2. The summed E-state index contributed by atoms with van der Waals surface area (Å²) in [6.07, 6.45) is 7.95. The second-order valence-electron chi connectivity index (χ2n) is 15.6. The van der Waals surface area contributed by atoms with Gasteiger partial charge in [0.25, 0.3) is 21.6 Å². The highest BCUT2D eigenvalue weighted by Gasteiger charge is 2.33. The number of pyridine rings is 1. The molecule has 2 N–H and O–H groups in total. The van der Waals surface area contributed by atoms with Crippen molar-refractivity contribution in [3.8, 4) is 22.6 Å². The molecule has 3 heterocycles. The van der Waals surface area contributed by atoms with E-state index in [1.54, 1.807) is 25.1 Å². The molecule has 5 aromatic rings. The van der Waals surface area contributed by atoms with Gasteiger partial charge < -0.3 is 19.7 Å². The fourth-order valence-corrected chi connectivity index (χ4v) is 9.12. The molecular formula is C46H47N5O8S. The quantitative estimate of drug-likeness (QED) is 0.0586. The first-order valence-corrected chi connectivity index (χ1v) is 22.0. The van der Waals surface area contributed by atoms with Crippen LogP contribution in [0.25, 0.3) is 11.1 Å². The van der Waals surface area contributed by atoms with E-state index in [9.17, 15) is 28.1 Å². The lowest BCUT2D eigenvalue weighted by atomic mass is 9.95. The Kier molecular flexibility index (Phi) is 11.9. The van der Waals surface area contributed by atoms with E-state index in [1.165, 1.54) is 54.4 Å². The Hall–Kier alpha value is -6.12. The number of amides is 1. The first kappa shape index (κ1) is 40.7.